The Bertz CT molecular complexity index is 491. The van der Waals surface area contributed by atoms with Crippen molar-refractivity contribution in [1.29, 1.82) is 0 Å². The second kappa shape index (κ2) is 6.04. The quantitative estimate of drug-likeness (QED) is 0.891. The maximum absolute atomic E-state index is 11.2. The molecular weight excluding hydrogens is 272 g/mol. The third-order valence-corrected chi connectivity index (χ3v) is 4.77. The molecule has 0 saturated carbocycles. The second-order valence-electron chi connectivity index (χ2n) is 6.20. The largest absolute Gasteiger partial charge is 0.478 e. The van der Waals surface area contributed by atoms with Gasteiger partial charge in [0.2, 0.25) is 0 Å². The molecule has 0 aliphatic carbocycles. The van der Waals surface area contributed by atoms with Crippen LogP contribution >= 0.6 is 11.8 Å². The van der Waals surface area contributed by atoms with Gasteiger partial charge in [0.25, 0.3) is 0 Å². The van der Waals surface area contributed by atoms with Crippen LogP contribution in [0.25, 0.3) is 0 Å². The molecule has 110 valence electrons. The average Bonchev–Trinajstić information content (AvgIpc) is 2.88. The lowest BCUT2D eigenvalue weighted by molar-refractivity contribution is 0.0696. The number of carboxylic acid groups (broad SMARTS) is 1. The monoisotopic (exact) mass is 294 g/mol. The first-order valence-electron chi connectivity index (χ1n) is 6.97. The molecule has 1 unspecified atom stereocenters. The van der Waals surface area contributed by atoms with Gasteiger partial charge in [0, 0.05) is 22.9 Å². The van der Waals surface area contributed by atoms with E-state index in [0.29, 0.717) is 16.6 Å². The summed E-state index contributed by atoms with van der Waals surface area (Å²) in [4.78, 5) is 15.8. The number of pyridine rings is 1. The van der Waals surface area contributed by atoms with Crippen molar-refractivity contribution in [3.63, 3.8) is 0 Å². The van der Waals surface area contributed by atoms with E-state index in [0.717, 1.165) is 12.2 Å². The minimum absolute atomic E-state index is 0.163. The van der Waals surface area contributed by atoms with Crippen molar-refractivity contribution < 1.29 is 9.90 Å². The maximum Gasteiger partial charge on any atom is 0.335 e. The van der Waals surface area contributed by atoms with E-state index in [1.165, 1.54) is 18.6 Å². The fraction of sp³-hybridized carbons (Fsp3) is 0.600. The summed E-state index contributed by atoms with van der Waals surface area (Å²) in [6.45, 7) is 6.97. The minimum Gasteiger partial charge on any atom is -0.478 e. The van der Waals surface area contributed by atoms with Crippen molar-refractivity contribution in [3.8, 4) is 0 Å². The zero-order valence-corrected chi connectivity index (χ0v) is 13.1. The molecule has 2 rings (SSSR count). The molecule has 1 aliphatic heterocycles. The highest BCUT2D eigenvalue weighted by atomic mass is 32.2. The van der Waals surface area contributed by atoms with Crippen LogP contribution in [-0.4, -0.2) is 33.6 Å². The SMILES string of the molecule is CC(C)(C)c1cc(C(=O)O)cc(NCC2CCCS2)n1. The van der Waals surface area contributed by atoms with Gasteiger partial charge in [0.15, 0.2) is 0 Å². The van der Waals surface area contributed by atoms with Crippen molar-refractivity contribution in [1.82, 2.24) is 4.98 Å². The number of nitrogens with zero attached hydrogens (tertiary/aromatic N) is 1. The lowest BCUT2D eigenvalue weighted by Gasteiger charge is -2.20. The first kappa shape index (κ1) is 15.2. The summed E-state index contributed by atoms with van der Waals surface area (Å²) in [7, 11) is 0. The fourth-order valence-corrected chi connectivity index (χ4v) is 3.35. The van der Waals surface area contributed by atoms with Gasteiger partial charge in [-0.05, 0) is 30.7 Å². The number of nitrogens with one attached hydrogen (secondary N) is 1. The summed E-state index contributed by atoms with van der Waals surface area (Å²) in [6, 6.07) is 3.29. The Kier molecular flexibility index (Phi) is 4.58. The number of anilines is 1. The topological polar surface area (TPSA) is 62.2 Å². The number of carboxylic acids is 1. The van der Waals surface area contributed by atoms with Gasteiger partial charge < -0.3 is 10.4 Å². The van der Waals surface area contributed by atoms with Gasteiger partial charge in [-0.2, -0.15) is 11.8 Å². The van der Waals surface area contributed by atoms with E-state index < -0.39 is 5.97 Å². The Morgan fingerprint density at radius 3 is 2.80 bits per heavy atom. The van der Waals surface area contributed by atoms with E-state index in [-0.39, 0.29) is 5.41 Å². The second-order valence-corrected chi connectivity index (χ2v) is 7.61. The third kappa shape index (κ3) is 3.88. The van der Waals surface area contributed by atoms with Gasteiger partial charge >= 0.3 is 5.97 Å². The molecule has 0 aromatic carbocycles. The minimum atomic E-state index is -0.906. The molecule has 2 heterocycles. The van der Waals surface area contributed by atoms with Crippen LogP contribution in [0.4, 0.5) is 5.82 Å². The molecule has 0 radical (unpaired) electrons. The normalized spacial score (nSPS) is 19.1. The molecule has 20 heavy (non-hydrogen) atoms. The van der Waals surface area contributed by atoms with Gasteiger partial charge in [0.05, 0.1) is 5.56 Å². The lowest BCUT2D eigenvalue weighted by atomic mass is 9.91. The molecule has 1 aromatic heterocycles. The number of aromatic carboxylic acids is 1. The Balaban J connectivity index is 2.17. The van der Waals surface area contributed by atoms with E-state index in [1.807, 2.05) is 32.5 Å². The molecule has 1 aliphatic rings. The summed E-state index contributed by atoms with van der Waals surface area (Å²) in [5.74, 6) is 0.987. The number of rotatable bonds is 4. The molecule has 0 spiro atoms. The molecular formula is C15H22N2O2S. The summed E-state index contributed by atoms with van der Waals surface area (Å²) in [5.41, 5.74) is 0.940. The summed E-state index contributed by atoms with van der Waals surface area (Å²) >= 11 is 1.98. The van der Waals surface area contributed by atoms with Crippen molar-refractivity contribution >= 4 is 23.5 Å². The zero-order chi connectivity index (χ0) is 14.8. The standard InChI is InChI=1S/C15H22N2O2S/c1-15(2,3)12-7-10(14(18)19)8-13(17-12)16-9-11-5-4-6-20-11/h7-8,11H,4-6,9H2,1-3H3,(H,16,17)(H,18,19). The van der Waals surface area contributed by atoms with Crippen LogP contribution in [-0.2, 0) is 5.41 Å². The van der Waals surface area contributed by atoms with E-state index in [9.17, 15) is 9.90 Å². The first-order valence-corrected chi connectivity index (χ1v) is 8.02. The number of hydrogen-bond acceptors (Lipinski definition) is 4. The Labute approximate surface area is 124 Å². The molecule has 0 bridgehead atoms. The highest BCUT2D eigenvalue weighted by Gasteiger charge is 2.20. The highest BCUT2D eigenvalue weighted by molar-refractivity contribution is 8.00. The van der Waals surface area contributed by atoms with Gasteiger partial charge in [0.1, 0.15) is 5.82 Å². The molecule has 5 heteroatoms. The molecule has 2 N–H and O–H groups in total. The first-order chi connectivity index (χ1) is 9.36. The highest BCUT2D eigenvalue weighted by Crippen LogP contribution is 2.27. The average molecular weight is 294 g/mol. The van der Waals surface area contributed by atoms with E-state index >= 15 is 0 Å². The molecule has 0 amide bonds. The number of carbonyl (C=O) groups is 1. The Morgan fingerprint density at radius 1 is 1.50 bits per heavy atom. The zero-order valence-electron chi connectivity index (χ0n) is 12.3. The van der Waals surface area contributed by atoms with Crippen LogP contribution in [0.5, 0.6) is 0 Å². The van der Waals surface area contributed by atoms with Crippen molar-refractivity contribution in [2.45, 2.75) is 44.3 Å². The lowest BCUT2D eigenvalue weighted by Crippen LogP contribution is -2.19. The van der Waals surface area contributed by atoms with Gasteiger partial charge in [-0.25, -0.2) is 9.78 Å². The fourth-order valence-electron chi connectivity index (χ4n) is 2.15. The maximum atomic E-state index is 11.2. The van der Waals surface area contributed by atoms with Crippen LogP contribution in [0.1, 0.15) is 49.7 Å². The van der Waals surface area contributed by atoms with Crippen LogP contribution in [0, 0.1) is 0 Å². The summed E-state index contributed by atoms with van der Waals surface area (Å²) < 4.78 is 0. The van der Waals surface area contributed by atoms with E-state index in [2.05, 4.69) is 10.3 Å². The number of hydrogen-bond donors (Lipinski definition) is 2. The molecule has 1 saturated heterocycles. The van der Waals surface area contributed by atoms with Gasteiger partial charge in [-0.3, -0.25) is 0 Å². The molecule has 1 fully saturated rings. The van der Waals surface area contributed by atoms with Gasteiger partial charge in [-0.15, -0.1) is 0 Å². The van der Waals surface area contributed by atoms with Crippen LogP contribution < -0.4 is 5.32 Å². The predicted molar refractivity (Wildman–Crippen MR) is 83.9 cm³/mol. The van der Waals surface area contributed by atoms with E-state index in [1.54, 1.807) is 12.1 Å². The molecule has 4 nitrogen and oxygen atoms in total. The molecule has 1 aromatic rings. The van der Waals surface area contributed by atoms with Crippen LogP contribution in [0.3, 0.4) is 0 Å². The van der Waals surface area contributed by atoms with Crippen molar-refractivity contribution in [2.24, 2.45) is 0 Å². The number of thioether (sulfide) groups is 1. The number of aromatic nitrogens is 1. The van der Waals surface area contributed by atoms with Crippen LogP contribution in [0.15, 0.2) is 12.1 Å². The van der Waals surface area contributed by atoms with Gasteiger partial charge in [-0.1, -0.05) is 20.8 Å². The van der Waals surface area contributed by atoms with Crippen LogP contribution in [0.2, 0.25) is 0 Å². The summed E-state index contributed by atoms with van der Waals surface area (Å²) in [6.07, 6.45) is 2.50. The predicted octanol–water partition coefficient (Wildman–Crippen LogP) is 3.38. The third-order valence-electron chi connectivity index (χ3n) is 3.38. The van der Waals surface area contributed by atoms with E-state index in [4.69, 9.17) is 0 Å². The Hall–Kier alpha value is -1.23. The summed E-state index contributed by atoms with van der Waals surface area (Å²) in [5, 5.41) is 13.1. The van der Waals surface area contributed by atoms with Crippen molar-refractivity contribution in [2.75, 3.05) is 17.6 Å². The Morgan fingerprint density at radius 2 is 2.25 bits per heavy atom. The molecule has 1 atom stereocenters. The van der Waals surface area contributed by atoms with Crippen molar-refractivity contribution in [3.05, 3.63) is 23.4 Å². The smallest absolute Gasteiger partial charge is 0.335 e.